The molecule has 22 heteroatoms. The van der Waals surface area contributed by atoms with E-state index in [1.807, 2.05) is 16.4 Å². The van der Waals surface area contributed by atoms with Crippen molar-refractivity contribution >= 4 is 63.4 Å². The number of carbonyl (C=O) groups is 1. The van der Waals surface area contributed by atoms with E-state index in [1.54, 1.807) is 31.2 Å². The summed E-state index contributed by atoms with van der Waals surface area (Å²) in [6, 6.07) is 8.78. The lowest BCUT2D eigenvalue weighted by atomic mass is 9.75. The van der Waals surface area contributed by atoms with Crippen LogP contribution in [0.1, 0.15) is 76.3 Å². The molecule has 18 nitrogen and oxygen atoms in total. The van der Waals surface area contributed by atoms with Crippen LogP contribution in [0, 0.1) is 0 Å². The van der Waals surface area contributed by atoms with Crippen LogP contribution in [0.3, 0.4) is 0 Å². The molecule has 4 rings (SSSR count). The number of hydrogen-bond donors (Lipinski definition) is 5. The molecule has 0 bridgehead atoms. The Morgan fingerprint density at radius 3 is 1.98 bits per heavy atom. The summed E-state index contributed by atoms with van der Waals surface area (Å²) in [7, 11) is -14.4. The number of anilines is 1. The van der Waals surface area contributed by atoms with Gasteiger partial charge in [0, 0.05) is 74.7 Å². The van der Waals surface area contributed by atoms with Crippen molar-refractivity contribution in [3.8, 4) is 0 Å². The predicted octanol–water partition coefficient (Wildman–Crippen LogP) is 4.06. The third-order valence-corrected chi connectivity index (χ3v) is 15.0. The average Bonchev–Trinajstić information content (AvgIpc) is 3.52. The summed E-state index contributed by atoms with van der Waals surface area (Å²) < 4.78 is 143. The lowest BCUT2D eigenvalue weighted by Gasteiger charge is -2.30. The topological polar surface area (TPSA) is 271 Å². The van der Waals surface area contributed by atoms with Gasteiger partial charge in [0.1, 0.15) is 6.54 Å². The number of carboxylic acids is 1. The molecule has 2 aliphatic heterocycles. The summed E-state index contributed by atoms with van der Waals surface area (Å²) in [4.78, 5) is 12.7. The summed E-state index contributed by atoms with van der Waals surface area (Å²) in [5, 5.41) is 9.18. The van der Waals surface area contributed by atoms with Gasteiger partial charge in [-0.15, -0.1) is 0 Å². The molecule has 340 valence electrons. The fraction of sp³-hybridized carbons (Fsp3) is 0.538. The number of rotatable bonds is 25. The minimum Gasteiger partial charge on any atom is -0.481 e. The van der Waals surface area contributed by atoms with Gasteiger partial charge < -0.3 is 19.5 Å². The van der Waals surface area contributed by atoms with Crippen molar-refractivity contribution in [1.82, 2.24) is 4.72 Å². The zero-order valence-electron chi connectivity index (χ0n) is 34.6. The second kappa shape index (κ2) is 20.3. The van der Waals surface area contributed by atoms with Crippen LogP contribution in [0.5, 0.6) is 0 Å². The number of nitrogens with zero attached hydrogens (tertiary/aromatic N) is 2. The number of unbranched alkanes of at least 4 members (excludes halogenated alkanes) is 2. The summed E-state index contributed by atoms with van der Waals surface area (Å²) in [5.74, 6) is -2.07. The number of carboxylic acid groups (broad SMARTS) is 1. The van der Waals surface area contributed by atoms with Crippen molar-refractivity contribution in [2.45, 2.75) is 85.8 Å². The van der Waals surface area contributed by atoms with E-state index in [0.717, 1.165) is 0 Å². The van der Waals surface area contributed by atoms with Crippen molar-refractivity contribution in [2.24, 2.45) is 0 Å². The van der Waals surface area contributed by atoms with Crippen molar-refractivity contribution in [3.05, 3.63) is 71.5 Å². The summed E-state index contributed by atoms with van der Waals surface area (Å²) in [6.07, 6.45) is 6.95. The number of fused-ring (bicyclic) bond motifs is 2. The maximum absolute atomic E-state index is 13.4. The molecular weight excluding hydrogens is 879 g/mol. The fourth-order valence-electron chi connectivity index (χ4n) is 8.11. The molecule has 2 atom stereocenters. The molecule has 2 heterocycles. The molecule has 0 aromatic heterocycles. The second-order valence-corrected chi connectivity index (χ2v) is 21.8. The van der Waals surface area contributed by atoms with E-state index in [2.05, 4.69) is 4.72 Å². The fourth-order valence-corrected chi connectivity index (χ4v) is 10.7. The lowest BCUT2D eigenvalue weighted by molar-refractivity contribution is -0.438. The highest BCUT2D eigenvalue weighted by atomic mass is 32.2. The first-order valence-corrected chi connectivity index (χ1v) is 25.7. The van der Waals surface area contributed by atoms with Gasteiger partial charge in [-0.05, 0) is 94.3 Å². The van der Waals surface area contributed by atoms with Gasteiger partial charge in [-0.1, -0.05) is 6.08 Å². The zero-order chi connectivity index (χ0) is 45.4. The van der Waals surface area contributed by atoms with Crippen molar-refractivity contribution in [1.29, 1.82) is 0 Å². The summed E-state index contributed by atoms with van der Waals surface area (Å²) in [5.41, 5.74) is 1.35. The van der Waals surface area contributed by atoms with Crippen molar-refractivity contribution < 1.29 is 71.3 Å². The Hall–Kier alpha value is -3.58. The normalized spacial score (nSPS) is 20.2. The Bertz CT molecular complexity index is 2490. The molecule has 2 aliphatic rings. The number of sulfonamides is 1. The molecular formula is C39H56N3O15S4+. The minimum absolute atomic E-state index is 0.00128. The number of benzene rings is 2. The van der Waals surface area contributed by atoms with Gasteiger partial charge >= 0.3 is 5.97 Å². The van der Waals surface area contributed by atoms with Crippen LogP contribution in [0.4, 0.5) is 11.4 Å². The highest BCUT2D eigenvalue weighted by molar-refractivity contribution is 7.89. The standard InChI is InChI=1S/C39H55N3O15S4/c1-38(18-9-25-58(45,46)47)31-27-29(60(51,52)40-20-23-56-3)14-16-34(31)42(22-24-57-4)36(38)12-8-11-35-39(2,19-10-26-59(48,49)50)32-28-30(61(53,54)55)15-17-33(32)41(35)21-7-5-6-13-37(43)44/h8,11-12,14-17,27-28,40H,5-7,9-10,13,18-26H2,1-4H3,(H3-,43,44,45,46,47,48,49,50,53,54,55)/p+1. The quantitative estimate of drug-likeness (QED) is 0.0534. The maximum atomic E-state index is 13.4. The first kappa shape index (κ1) is 50.1. The van der Waals surface area contributed by atoms with Gasteiger partial charge in [0.25, 0.3) is 30.4 Å². The SMILES string of the molecule is COCCNS(=O)(=O)c1ccc2c(c1)C(C)(CCCS(=O)(=O)O)/C(=C\C=C\C1=[N+](CCCCCC(=O)O)c3ccc(S(=O)(=O)O)cc3C1(C)CCCS(=O)(=O)O)N2CCOC. The lowest BCUT2D eigenvalue weighted by Crippen LogP contribution is -2.32. The van der Waals surface area contributed by atoms with Crippen LogP contribution >= 0.6 is 0 Å². The number of methoxy groups -OCH3 is 2. The Kier molecular flexibility index (Phi) is 16.7. The van der Waals surface area contributed by atoms with Crippen LogP contribution in [0.15, 0.2) is 70.1 Å². The molecule has 0 amide bonds. The molecule has 0 saturated heterocycles. The van der Waals surface area contributed by atoms with Crippen LogP contribution in [0.2, 0.25) is 0 Å². The van der Waals surface area contributed by atoms with E-state index in [0.29, 0.717) is 66.3 Å². The molecule has 61 heavy (non-hydrogen) atoms. The summed E-state index contributed by atoms with van der Waals surface area (Å²) in [6.45, 7) is 4.67. The maximum Gasteiger partial charge on any atom is 0.303 e. The Morgan fingerprint density at radius 1 is 0.787 bits per heavy atom. The molecule has 0 aliphatic carbocycles. The molecule has 5 N–H and O–H groups in total. The highest BCUT2D eigenvalue weighted by Crippen LogP contribution is 2.51. The van der Waals surface area contributed by atoms with Crippen molar-refractivity contribution in [2.75, 3.05) is 63.5 Å². The number of nitrogens with one attached hydrogen (secondary N) is 1. The third kappa shape index (κ3) is 12.8. The summed E-state index contributed by atoms with van der Waals surface area (Å²) >= 11 is 0. The Balaban J connectivity index is 1.93. The monoisotopic (exact) mass is 934 g/mol. The zero-order valence-corrected chi connectivity index (χ0v) is 37.9. The first-order chi connectivity index (χ1) is 28.4. The van der Waals surface area contributed by atoms with Gasteiger partial charge in [-0.2, -0.15) is 29.8 Å². The van der Waals surface area contributed by atoms with Crippen LogP contribution < -0.4 is 9.62 Å². The average molecular weight is 935 g/mol. The van der Waals surface area contributed by atoms with Gasteiger partial charge in [0.05, 0.1) is 39.9 Å². The van der Waals surface area contributed by atoms with Gasteiger partial charge in [0.2, 0.25) is 15.7 Å². The smallest absolute Gasteiger partial charge is 0.303 e. The molecule has 0 saturated carbocycles. The predicted molar refractivity (Wildman–Crippen MR) is 228 cm³/mol. The molecule has 2 aromatic carbocycles. The van der Waals surface area contributed by atoms with E-state index in [9.17, 15) is 57.2 Å². The molecule has 2 aromatic rings. The number of aliphatic carboxylic acids is 1. The van der Waals surface area contributed by atoms with E-state index < -0.39 is 68.7 Å². The molecule has 2 unspecified atom stereocenters. The van der Waals surface area contributed by atoms with E-state index in [4.69, 9.17) is 9.47 Å². The molecule has 0 spiro atoms. The third-order valence-electron chi connectivity index (χ3n) is 11.1. The number of ether oxygens (including phenoxy) is 2. The highest BCUT2D eigenvalue weighted by Gasteiger charge is 2.48. The minimum atomic E-state index is -4.67. The molecule has 0 fully saturated rings. The Labute approximate surface area is 358 Å². The van der Waals surface area contributed by atoms with Crippen LogP contribution in [-0.2, 0) is 65.5 Å². The van der Waals surface area contributed by atoms with E-state index >= 15 is 0 Å². The number of allylic oxidation sites excluding steroid dienone is 4. The van der Waals surface area contributed by atoms with Crippen LogP contribution in [-0.4, -0.2) is 127 Å². The molecule has 0 radical (unpaired) electrons. The van der Waals surface area contributed by atoms with Gasteiger partial charge in [-0.3, -0.25) is 18.5 Å². The second-order valence-electron chi connectivity index (χ2n) is 15.5. The first-order valence-electron chi connectivity index (χ1n) is 19.6. The van der Waals surface area contributed by atoms with Crippen molar-refractivity contribution in [3.63, 3.8) is 0 Å². The van der Waals surface area contributed by atoms with Gasteiger partial charge in [0.15, 0.2) is 5.71 Å². The van der Waals surface area contributed by atoms with Crippen LogP contribution in [0.25, 0.3) is 0 Å². The Morgan fingerprint density at radius 2 is 1.39 bits per heavy atom. The van der Waals surface area contributed by atoms with E-state index in [-0.39, 0.29) is 61.7 Å². The largest absolute Gasteiger partial charge is 0.481 e. The number of hydrogen-bond acceptors (Lipinski definition) is 12. The van der Waals surface area contributed by atoms with E-state index in [1.165, 1.54) is 44.6 Å². The van der Waals surface area contributed by atoms with Gasteiger partial charge in [-0.25, -0.2) is 13.1 Å².